The summed E-state index contributed by atoms with van der Waals surface area (Å²) in [7, 11) is 0. The number of halogens is 4. The van der Waals surface area contributed by atoms with E-state index in [1.807, 2.05) is 0 Å². The third kappa shape index (κ3) is 3.57. The van der Waals surface area contributed by atoms with Crippen LogP contribution >= 0.6 is 11.6 Å². The van der Waals surface area contributed by atoms with E-state index >= 15 is 0 Å². The molecule has 0 aliphatic heterocycles. The lowest BCUT2D eigenvalue weighted by Crippen LogP contribution is -2.20. The first kappa shape index (κ1) is 14.5. The van der Waals surface area contributed by atoms with E-state index in [9.17, 15) is 13.2 Å². The summed E-state index contributed by atoms with van der Waals surface area (Å²) < 4.78 is 41.7. The third-order valence-electron chi connectivity index (χ3n) is 2.58. The van der Waals surface area contributed by atoms with Gasteiger partial charge in [0.15, 0.2) is 6.61 Å². The molecule has 0 fully saturated rings. The maximum absolute atomic E-state index is 12.3. The van der Waals surface area contributed by atoms with Crippen molar-refractivity contribution >= 4 is 17.3 Å². The molecular weight excluding hydrogens is 291 g/mol. The number of benzene rings is 2. The van der Waals surface area contributed by atoms with Gasteiger partial charge in [-0.1, -0.05) is 35.9 Å². The van der Waals surface area contributed by atoms with Gasteiger partial charge in [0.1, 0.15) is 5.75 Å². The number of alkyl halides is 3. The second-order valence-corrected chi connectivity index (χ2v) is 4.57. The van der Waals surface area contributed by atoms with Gasteiger partial charge in [-0.2, -0.15) is 13.2 Å². The lowest BCUT2D eigenvalue weighted by Gasteiger charge is -2.15. The Bertz CT molecular complexity index is 596. The van der Waals surface area contributed by atoms with Crippen LogP contribution in [0, 0.1) is 0 Å². The molecule has 0 bridgehead atoms. The Balaban J connectivity index is 2.38. The molecule has 2 nitrogen and oxygen atoms in total. The number of anilines is 1. The van der Waals surface area contributed by atoms with Gasteiger partial charge in [-0.3, -0.25) is 0 Å². The molecule has 0 saturated carbocycles. The van der Waals surface area contributed by atoms with Crippen LogP contribution in [-0.4, -0.2) is 12.8 Å². The van der Waals surface area contributed by atoms with Crippen LogP contribution in [0.15, 0.2) is 42.5 Å². The molecule has 20 heavy (non-hydrogen) atoms. The summed E-state index contributed by atoms with van der Waals surface area (Å²) in [6, 6.07) is 11.5. The van der Waals surface area contributed by atoms with Crippen LogP contribution in [0.4, 0.5) is 18.9 Å². The van der Waals surface area contributed by atoms with Crippen molar-refractivity contribution in [2.24, 2.45) is 0 Å². The van der Waals surface area contributed by atoms with Gasteiger partial charge in [-0.15, -0.1) is 0 Å². The van der Waals surface area contributed by atoms with Crippen molar-refractivity contribution in [3.63, 3.8) is 0 Å². The van der Waals surface area contributed by atoms with Crippen LogP contribution < -0.4 is 10.5 Å². The minimum absolute atomic E-state index is 0.0205. The number of nitrogens with two attached hydrogens (primary N) is 1. The number of rotatable bonds is 3. The molecule has 0 amide bonds. The van der Waals surface area contributed by atoms with Crippen molar-refractivity contribution in [3.8, 4) is 16.9 Å². The average molecular weight is 302 g/mol. The number of para-hydroxylation sites is 1. The topological polar surface area (TPSA) is 35.2 Å². The van der Waals surface area contributed by atoms with E-state index in [-0.39, 0.29) is 11.4 Å². The molecule has 0 radical (unpaired) electrons. The molecule has 0 saturated heterocycles. The molecule has 106 valence electrons. The number of hydrogen-bond acceptors (Lipinski definition) is 2. The Hall–Kier alpha value is -1.88. The monoisotopic (exact) mass is 301 g/mol. The first-order valence-corrected chi connectivity index (χ1v) is 6.08. The average Bonchev–Trinajstić information content (AvgIpc) is 2.37. The minimum Gasteiger partial charge on any atom is -0.481 e. The van der Waals surface area contributed by atoms with Gasteiger partial charge in [0.05, 0.1) is 5.69 Å². The molecule has 0 heterocycles. The molecule has 0 aliphatic rings. The van der Waals surface area contributed by atoms with Crippen molar-refractivity contribution in [1.82, 2.24) is 0 Å². The molecule has 0 aliphatic carbocycles. The van der Waals surface area contributed by atoms with Gasteiger partial charge < -0.3 is 10.5 Å². The predicted molar refractivity (Wildman–Crippen MR) is 72.9 cm³/mol. The fourth-order valence-electron chi connectivity index (χ4n) is 1.73. The van der Waals surface area contributed by atoms with Crippen LogP contribution in [0.1, 0.15) is 0 Å². The summed E-state index contributed by atoms with van der Waals surface area (Å²) in [6.45, 7) is -1.39. The van der Waals surface area contributed by atoms with Crippen molar-refractivity contribution in [3.05, 3.63) is 47.5 Å². The van der Waals surface area contributed by atoms with E-state index in [0.29, 0.717) is 16.1 Å². The van der Waals surface area contributed by atoms with Gasteiger partial charge in [-0.05, 0) is 23.8 Å². The standard InChI is InChI=1S/C14H11ClF3NO/c15-10-6-4-9(5-7-10)11-2-1-3-12(19)13(11)20-8-14(16,17)18/h1-7H,8,19H2. The van der Waals surface area contributed by atoms with Crippen molar-refractivity contribution in [1.29, 1.82) is 0 Å². The van der Waals surface area contributed by atoms with Crippen molar-refractivity contribution < 1.29 is 17.9 Å². The van der Waals surface area contributed by atoms with Gasteiger partial charge in [0.2, 0.25) is 0 Å². The van der Waals surface area contributed by atoms with Crippen LogP contribution in [-0.2, 0) is 0 Å². The normalized spacial score (nSPS) is 11.4. The Labute approximate surface area is 118 Å². The zero-order valence-electron chi connectivity index (χ0n) is 10.2. The van der Waals surface area contributed by atoms with E-state index in [0.717, 1.165) is 0 Å². The molecule has 0 aromatic heterocycles. The molecule has 0 spiro atoms. The second kappa shape index (κ2) is 5.63. The highest BCUT2D eigenvalue weighted by molar-refractivity contribution is 6.30. The summed E-state index contributed by atoms with van der Waals surface area (Å²) in [6.07, 6.45) is -4.42. The Morgan fingerprint density at radius 3 is 2.30 bits per heavy atom. The Kier molecular flexibility index (Phi) is 4.09. The highest BCUT2D eigenvalue weighted by Crippen LogP contribution is 2.36. The highest BCUT2D eigenvalue weighted by atomic mass is 35.5. The summed E-state index contributed by atoms with van der Waals surface area (Å²) in [4.78, 5) is 0. The molecule has 2 aromatic carbocycles. The molecule has 2 N–H and O–H groups in total. The summed E-state index contributed by atoms with van der Waals surface area (Å²) in [5.41, 5.74) is 7.03. The van der Waals surface area contributed by atoms with Gasteiger partial charge in [0.25, 0.3) is 0 Å². The lowest BCUT2D eigenvalue weighted by molar-refractivity contribution is -0.153. The van der Waals surface area contributed by atoms with Crippen LogP contribution in [0.25, 0.3) is 11.1 Å². The van der Waals surface area contributed by atoms with Gasteiger partial charge in [0, 0.05) is 10.6 Å². The fourth-order valence-corrected chi connectivity index (χ4v) is 1.85. The number of ether oxygens (including phenoxy) is 1. The predicted octanol–water partition coefficient (Wildman–Crippen LogP) is 4.53. The molecule has 6 heteroatoms. The molecule has 0 unspecified atom stereocenters. The largest absolute Gasteiger partial charge is 0.481 e. The fraction of sp³-hybridized carbons (Fsp3) is 0.143. The zero-order chi connectivity index (χ0) is 14.8. The quantitative estimate of drug-likeness (QED) is 0.845. The Morgan fingerprint density at radius 2 is 1.70 bits per heavy atom. The maximum Gasteiger partial charge on any atom is 0.422 e. The summed E-state index contributed by atoms with van der Waals surface area (Å²) in [5.74, 6) is 0.0205. The van der Waals surface area contributed by atoms with E-state index in [1.54, 1.807) is 36.4 Å². The molecule has 0 atom stereocenters. The van der Waals surface area contributed by atoms with Crippen LogP contribution in [0.2, 0.25) is 5.02 Å². The second-order valence-electron chi connectivity index (χ2n) is 4.13. The van der Waals surface area contributed by atoms with E-state index in [1.165, 1.54) is 6.07 Å². The first-order valence-electron chi connectivity index (χ1n) is 5.71. The summed E-state index contributed by atoms with van der Waals surface area (Å²) in [5, 5.41) is 0.537. The third-order valence-corrected chi connectivity index (χ3v) is 2.83. The smallest absolute Gasteiger partial charge is 0.422 e. The number of nitrogen functional groups attached to an aromatic ring is 1. The van der Waals surface area contributed by atoms with E-state index in [4.69, 9.17) is 22.1 Å². The van der Waals surface area contributed by atoms with E-state index < -0.39 is 12.8 Å². The molecular formula is C14H11ClF3NO. The Morgan fingerprint density at radius 1 is 1.05 bits per heavy atom. The van der Waals surface area contributed by atoms with E-state index in [2.05, 4.69) is 0 Å². The summed E-state index contributed by atoms with van der Waals surface area (Å²) >= 11 is 5.79. The molecule has 2 rings (SSSR count). The first-order chi connectivity index (χ1) is 9.37. The van der Waals surface area contributed by atoms with Crippen molar-refractivity contribution in [2.45, 2.75) is 6.18 Å². The number of hydrogen-bond donors (Lipinski definition) is 1. The maximum atomic E-state index is 12.3. The SMILES string of the molecule is Nc1cccc(-c2ccc(Cl)cc2)c1OCC(F)(F)F. The van der Waals surface area contributed by atoms with Crippen LogP contribution in [0.3, 0.4) is 0 Å². The molecule has 2 aromatic rings. The minimum atomic E-state index is -4.42. The van der Waals surface area contributed by atoms with Crippen LogP contribution in [0.5, 0.6) is 5.75 Å². The van der Waals surface area contributed by atoms with Gasteiger partial charge in [-0.25, -0.2) is 0 Å². The highest BCUT2D eigenvalue weighted by Gasteiger charge is 2.29. The van der Waals surface area contributed by atoms with Gasteiger partial charge >= 0.3 is 6.18 Å². The van der Waals surface area contributed by atoms with Crippen molar-refractivity contribution in [2.75, 3.05) is 12.3 Å². The lowest BCUT2D eigenvalue weighted by atomic mass is 10.0. The zero-order valence-corrected chi connectivity index (χ0v) is 11.0.